The second kappa shape index (κ2) is 3.57. The molecular weight excluding hydrogens is 166 g/mol. The predicted octanol–water partition coefficient (Wildman–Crippen LogP) is 0.768. The highest BCUT2D eigenvalue weighted by Crippen LogP contribution is 2.13. The summed E-state index contributed by atoms with van der Waals surface area (Å²) in [5.74, 6) is 0.822. The molecule has 0 aliphatic heterocycles. The summed E-state index contributed by atoms with van der Waals surface area (Å²) in [6.07, 6.45) is -2.82. The lowest BCUT2D eigenvalue weighted by atomic mass is 10.2. The maximum Gasteiger partial charge on any atom is 0.240 e. The Hall–Kier alpha value is -1.04. The Labute approximate surface area is 68.2 Å². The number of hydrogen-bond donors (Lipinski definition) is 2. The topological polar surface area (TPSA) is 67.6 Å². The van der Waals surface area contributed by atoms with Crippen LogP contribution in [0.15, 0.2) is 0 Å². The van der Waals surface area contributed by atoms with E-state index >= 15 is 0 Å². The van der Waals surface area contributed by atoms with E-state index in [4.69, 9.17) is 5.73 Å². The fourth-order valence-electron chi connectivity index (χ4n) is 0.823. The lowest BCUT2D eigenvalue weighted by Crippen LogP contribution is -2.15. The van der Waals surface area contributed by atoms with Crippen LogP contribution in [0, 0.1) is 6.92 Å². The van der Waals surface area contributed by atoms with Crippen molar-refractivity contribution in [2.24, 2.45) is 5.73 Å². The first-order valence-corrected chi connectivity index (χ1v) is 3.52. The van der Waals surface area contributed by atoms with Crippen molar-refractivity contribution in [3.05, 3.63) is 11.6 Å². The standard InChI is InChI=1S/C6H10F2N4/c1-3-10-6(12-11-3)4(9)2-5(7)8/h4-5H,2,9H2,1H3,(H,10,11,12). The molecule has 0 aliphatic carbocycles. The Bertz CT molecular complexity index is 247. The largest absolute Gasteiger partial charge is 0.321 e. The Morgan fingerprint density at radius 3 is 2.67 bits per heavy atom. The molecular formula is C6H10F2N4. The van der Waals surface area contributed by atoms with Crippen molar-refractivity contribution < 1.29 is 8.78 Å². The van der Waals surface area contributed by atoms with Crippen LogP contribution in [0.25, 0.3) is 0 Å². The number of aryl methyl sites for hydroxylation is 1. The van der Waals surface area contributed by atoms with Gasteiger partial charge in [0.2, 0.25) is 6.43 Å². The first-order valence-electron chi connectivity index (χ1n) is 3.52. The fraction of sp³-hybridized carbons (Fsp3) is 0.667. The molecule has 0 spiro atoms. The Balaban J connectivity index is 2.58. The van der Waals surface area contributed by atoms with Gasteiger partial charge in [0.05, 0.1) is 6.04 Å². The zero-order valence-electron chi connectivity index (χ0n) is 6.59. The van der Waals surface area contributed by atoms with E-state index in [1.807, 2.05) is 0 Å². The number of nitrogens with zero attached hydrogens (tertiary/aromatic N) is 2. The van der Waals surface area contributed by atoms with Crippen LogP contribution in [0.1, 0.15) is 24.1 Å². The zero-order valence-corrected chi connectivity index (χ0v) is 6.59. The number of halogens is 2. The zero-order chi connectivity index (χ0) is 9.14. The first-order chi connectivity index (χ1) is 5.59. The second-order valence-electron chi connectivity index (χ2n) is 2.51. The van der Waals surface area contributed by atoms with E-state index in [2.05, 4.69) is 15.2 Å². The maximum atomic E-state index is 11.8. The molecule has 0 aromatic carbocycles. The molecule has 0 saturated heterocycles. The number of aromatic amines is 1. The van der Waals surface area contributed by atoms with Crippen LogP contribution in [-0.2, 0) is 0 Å². The number of nitrogens with two attached hydrogens (primary N) is 1. The lowest BCUT2D eigenvalue weighted by Gasteiger charge is -2.04. The van der Waals surface area contributed by atoms with Gasteiger partial charge in [-0.3, -0.25) is 5.10 Å². The van der Waals surface area contributed by atoms with Crippen LogP contribution >= 0.6 is 0 Å². The van der Waals surface area contributed by atoms with E-state index in [1.54, 1.807) is 6.92 Å². The summed E-state index contributed by atoms with van der Waals surface area (Å²) in [7, 11) is 0. The van der Waals surface area contributed by atoms with Gasteiger partial charge in [-0.2, -0.15) is 5.10 Å². The molecule has 1 atom stereocenters. The van der Waals surface area contributed by atoms with E-state index in [0.717, 1.165) is 0 Å². The van der Waals surface area contributed by atoms with Gasteiger partial charge in [0.1, 0.15) is 5.82 Å². The predicted molar refractivity (Wildman–Crippen MR) is 38.7 cm³/mol. The van der Waals surface area contributed by atoms with E-state index in [9.17, 15) is 8.78 Å². The van der Waals surface area contributed by atoms with E-state index < -0.39 is 18.9 Å². The minimum atomic E-state index is -2.42. The SMILES string of the molecule is Cc1nc(C(N)CC(F)F)n[nH]1. The fourth-order valence-corrected chi connectivity index (χ4v) is 0.823. The monoisotopic (exact) mass is 176 g/mol. The third-order valence-corrected chi connectivity index (χ3v) is 1.38. The minimum Gasteiger partial charge on any atom is -0.321 e. The maximum absolute atomic E-state index is 11.8. The van der Waals surface area contributed by atoms with Crippen molar-refractivity contribution >= 4 is 0 Å². The lowest BCUT2D eigenvalue weighted by molar-refractivity contribution is 0.127. The van der Waals surface area contributed by atoms with Crippen molar-refractivity contribution in [2.75, 3.05) is 0 Å². The second-order valence-corrected chi connectivity index (χ2v) is 2.51. The summed E-state index contributed by atoms with van der Waals surface area (Å²) in [5.41, 5.74) is 5.38. The molecule has 0 bridgehead atoms. The molecule has 1 rings (SSSR count). The van der Waals surface area contributed by atoms with Crippen molar-refractivity contribution in [1.82, 2.24) is 15.2 Å². The number of hydrogen-bond acceptors (Lipinski definition) is 3. The average Bonchev–Trinajstić information content (AvgIpc) is 2.34. The van der Waals surface area contributed by atoms with E-state index in [0.29, 0.717) is 5.82 Å². The van der Waals surface area contributed by atoms with E-state index in [-0.39, 0.29) is 5.82 Å². The van der Waals surface area contributed by atoms with Crippen molar-refractivity contribution in [3.8, 4) is 0 Å². The van der Waals surface area contributed by atoms with Crippen molar-refractivity contribution in [2.45, 2.75) is 25.8 Å². The van der Waals surface area contributed by atoms with Crippen LogP contribution in [0.3, 0.4) is 0 Å². The number of aromatic nitrogens is 3. The quantitative estimate of drug-likeness (QED) is 0.714. The summed E-state index contributed by atoms with van der Waals surface area (Å²) in [6, 6.07) is -0.782. The van der Waals surface area contributed by atoms with Crippen molar-refractivity contribution in [1.29, 1.82) is 0 Å². The molecule has 1 aromatic heterocycles. The number of nitrogens with one attached hydrogen (secondary N) is 1. The molecule has 0 aliphatic rings. The van der Waals surface area contributed by atoms with Gasteiger partial charge >= 0.3 is 0 Å². The number of rotatable bonds is 3. The Morgan fingerprint density at radius 1 is 1.58 bits per heavy atom. The van der Waals surface area contributed by atoms with Crippen molar-refractivity contribution in [3.63, 3.8) is 0 Å². The highest BCUT2D eigenvalue weighted by Gasteiger charge is 2.16. The molecule has 68 valence electrons. The normalized spacial score (nSPS) is 13.8. The van der Waals surface area contributed by atoms with Crippen LogP contribution < -0.4 is 5.73 Å². The molecule has 1 aromatic rings. The molecule has 4 nitrogen and oxygen atoms in total. The highest BCUT2D eigenvalue weighted by atomic mass is 19.3. The van der Waals surface area contributed by atoms with Gasteiger partial charge < -0.3 is 5.73 Å². The molecule has 0 saturated carbocycles. The highest BCUT2D eigenvalue weighted by molar-refractivity contribution is 4.94. The van der Waals surface area contributed by atoms with Gasteiger partial charge in [0.25, 0.3) is 0 Å². The van der Waals surface area contributed by atoms with Gasteiger partial charge in [0.15, 0.2) is 5.82 Å². The summed E-state index contributed by atoms with van der Waals surface area (Å²) >= 11 is 0. The van der Waals surface area contributed by atoms with Gasteiger partial charge in [-0.25, -0.2) is 13.8 Å². The third-order valence-electron chi connectivity index (χ3n) is 1.38. The third kappa shape index (κ3) is 2.23. The van der Waals surface area contributed by atoms with Crippen LogP contribution in [0.5, 0.6) is 0 Å². The number of H-pyrrole nitrogens is 1. The minimum absolute atomic E-state index is 0.243. The summed E-state index contributed by atoms with van der Waals surface area (Å²) in [4.78, 5) is 3.84. The van der Waals surface area contributed by atoms with Crippen LogP contribution in [0.4, 0.5) is 8.78 Å². The summed E-state index contributed by atoms with van der Waals surface area (Å²) in [6.45, 7) is 1.69. The molecule has 0 fully saturated rings. The summed E-state index contributed by atoms with van der Waals surface area (Å²) < 4.78 is 23.7. The van der Waals surface area contributed by atoms with Crippen LogP contribution in [0.2, 0.25) is 0 Å². The number of alkyl halides is 2. The molecule has 3 N–H and O–H groups in total. The molecule has 0 radical (unpaired) electrons. The van der Waals surface area contributed by atoms with E-state index in [1.165, 1.54) is 0 Å². The summed E-state index contributed by atoms with van der Waals surface area (Å²) in [5, 5.41) is 6.21. The molecule has 6 heteroatoms. The smallest absolute Gasteiger partial charge is 0.240 e. The van der Waals surface area contributed by atoms with Crippen LogP contribution in [-0.4, -0.2) is 21.6 Å². The Kier molecular flexibility index (Phi) is 2.69. The molecule has 0 amide bonds. The van der Waals surface area contributed by atoms with Gasteiger partial charge in [-0.15, -0.1) is 0 Å². The van der Waals surface area contributed by atoms with Gasteiger partial charge in [0, 0.05) is 6.42 Å². The van der Waals surface area contributed by atoms with Gasteiger partial charge in [-0.05, 0) is 6.92 Å². The molecule has 1 unspecified atom stereocenters. The molecule has 1 heterocycles. The average molecular weight is 176 g/mol. The Morgan fingerprint density at radius 2 is 2.25 bits per heavy atom. The first kappa shape index (κ1) is 9.05. The molecule has 12 heavy (non-hydrogen) atoms. The van der Waals surface area contributed by atoms with Gasteiger partial charge in [-0.1, -0.05) is 0 Å².